The van der Waals surface area contributed by atoms with E-state index >= 15 is 0 Å². The summed E-state index contributed by atoms with van der Waals surface area (Å²) in [6.07, 6.45) is -17.5. The molecule has 6 aliphatic rings. The van der Waals surface area contributed by atoms with E-state index < -0.39 is 248 Å². The fourth-order valence-corrected chi connectivity index (χ4v) is 15.4. The molecular weight excluding hydrogens is 1490 g/mol. The second kappa shape index (κ2) is 54.0. The summed E-state index contributed by atoms with van der Waals surface area (Å²) < 4.78 is 70.1. The van der Waals surface area contributed by atoms with Crippen LogP contribution in [0.3, 0.4) is 0 Å². The molecule has 662 valence electrons. The van der Waals surface area contributed by atoms with E-state index in [4.69, 9.17) is 56.8 Å². The molecule has 6 saturated heterocycles. The summed E-state index contributed by atoms with van der Waals surface area (Å²) in [7, 11) is 0. The molecular formula is C78H142N2O33. The van der Waals surface area contributed by atoms with Crippen molar-refractivity contribution in [2.75, 3.05) is 46.2 Å². The van der Waals surface area contributed by atoms with Gasteiger partial charge in [-0.1, -0.05) is 206 Å². The van der Waals surface area contributed by atoms with Gasteiger partial charge in [-0.25, -0.2) is 0 Å². The number of hydrogen-bond acceptors (Lipinski definition) is 33. The van der Waals surface area contributed by atoms with Crippen LogP contribution in [-0.2, 0) is 66.4 Å². The lowest BCUT2D eigenvalue weighted by Gasteiger charge is -2.50. The summed E-state index contributed by atoms with van der Waals surface area (Å²) >= 11 is 0. The maximum absolute atomic E-state index is 13.5. The van der Waals surface area contributed by atoms with Crippen molar-refractivity contribution < 1.29 is 163 Å². The summed E-state index contributed by atoms with van der Waals surface area (Å²) in [5.74, 6) is -1.22. The van der Waals surface area contributed by atoms with E-state index in [0.29, 0.717) is 12.8 Å². The Labute approximate surface area is 664 Å². The van der Waals surface area contributed by atoms with Crippen LogP contribution in [0.4, 0.5) is 0 Å². The van der Waals surface area contributed by atoms with Crippen LogP contribution in [0.25, 0.3) is 0 Å². The lowest BCUT2D eigenvalue weighted by molar-refractivity contribution is -0.391. The monoisotopic (exact) mass is 1630 g/mol. The van der Waals surface area contributed by atoms with Crippen molar-refractivity contribution in [3.8, 4) is 0 Å². The number of hydrogen-bond donors (Lipinski definition) is 21. The molecule has 0 aromatic carbocycles. The van der Waals surface area contributed by atoms with E-state index in [9.17, 15) is 107 Å². The molecule has 35 nitrogen and oxygen atoms in total. The minimum absolute atomic E-state index is 0.183. The standard InChI is InChI=1S/C78H142N2O33/c1-4-6-8-10-12-14-16-18-19-20-21-22-23-25-27-29-31-33-35-37-54(89)80-46(47(88)36-34-32-30-28-26-24-17-15-13-11-9-7-5-2)44-102-74-64(98)61(95)68(52(42-85)107-74)109-76-65(99)62(96)69(53(43-86)108-76)110-77-66(100)71(58(92)50(40-83)105-77)112-73-55(79-45(3)87)70(57(91)49(39-82)103-73)111-78-67(101)72(59(93)51(41-84)106-78)113-75-63(97)60(94)56(90)48(38-81)104-75/h34,36,46-53,55-78,81-86,88,90-101H,4-33,35,37-44H2,1-3H3,(H,79,87)(H,80,89)/b36-34+/t46-,47+,48?,49?,50?,51?,52?,53?,55?,56-,57-,58-,59-,60-,61+,62+,63?,64?,65?,66?,67?,68+,69-,70+,71-,72-,73-,74+,75+,76-,77-,78-/m0/s1. The van der Waals surface area contributed by atoms with Crippen LogP contribution < -0.4 is 10.6 Å². The van der Waals surface area contributed by atoms with Gasteiger partial charge in [0.15, 0.2) is 37.7 Å². The molecule has 2 amide bonds. The molecule has 0 aromatic rings. The average molecular weight is 1640 g/mol. The van der Waals surface area contributed by atoms with Crippen LogP contribution in [0.15, 0.2) is 12.2 Å². The van der Waals surface area contributed by atoms with Crippen molar-refractivity contribution >= 4 is 11.8 Å². The average Bonchev–Trinajstić information content (AvgIpc) is 0.766. The first kappa shape index (κ1) is 99.3. The first-order chi connectivity index (χ1) is 54.4. The van der Waals surface area contributed by atoms with Crippen LogP contribution >= 0.6 is 0 Å². The molecule has 35 heteroatoms. The Kier molecular flexibility index (Phi) is 47.4. The third-order valence-electron chi connectivity index (χ3n) is 22.3. The Hall–Kier alpha value is -2.56. The minimum atomic E-state index is -2.26. The second-order valence-electron chi connectivity index (χ2n) is 31.3. The number of nitrogens with one attached hydrogen (secondary N) is 2. The first-order valence-electron chi connectivity index (χ1n) is 42.0. The Balaban J connectivity index is 1.05. The number of rotatable bonds is 55. The molecule has 0 aromatic heterocycles. The zero-order valence-electron chi connectivity index (χ0n) is 66.4. The number of amides is 2. The Bertz CT molecular complexity index is 2540. The highest BCUT2D eigenvalue weighted by Gasteiger charge is 2.58. The van der Waals surface area contributed by atoms with E-state index in [2.05, 4.69) is 24.5 Å². The van der Waals surface area contributed by atoms with Gasteiger partial charge in [-0.2, -0.15) is 0 Å². The van der Waals surface area contributed by atoms with Gasteiger partial charge >= 0.3 is 0 Å². The van der Waals surface area contributed by atoms with E-state index in [1.54, 1.807) is 6.08 Å². The van der Waals surface area contributed by atoms with Crippen LogP contribution in [0, 0.1) is 0 Å². The number of carbonyl (C=O) groups excluding carboxylic acids is 2. The molecule has 0 aliphatic carbocycles. The van der Waals surface area contributed by atoms with Crippen molar-refractivity contribution in [1.82, 2.24) is 10.6 Å². The number of aliphatic hydroxyl groups excluding tert-OH is 19. The highest BCUT2D eigenvalue weighted by atomic mass is 16.8. The third kappa shape index (κ3) is 30.8. The molecule has 0 bridgehead atoms. The van der Waals surface area contributed by atoms with Crippen LogP contribution in [0.1, 0.15) is 226 Å². The normalized spacial score (nSPS) is 37.0. The minimum Gasteiger partial charge on any atom is -0.394 e. The van der Waals surface area contributed by atoms with E-state index in [0.717, 1.165) is 58.3 Å². The molecule has 32 atom stereocenters. The zero-order chi connectivity index (χ0) is 82.5. The van der Waals surface area contributed by atoms with Gasteiger partial charge < -0.3 is 164 Å². The van der Waals surface area contributed by atoms with Gasteiger partial charge in [0.25, 0.3) is 0 Å². The molecule has 0 spiro atoms. The lowest BCUT2D eigenvalue weighted by Crippen LogP contribution is -2.70. The number of ether oxygens (including phenoxy) is 12. The molecule has 12 unspecified atom stereocenters. The molecule has 21 N–H and O–H groups in total. The van der Waals surface area contributed by atoms with Crippen molar-refractivity contribution in [2.24, 2.45) is 0 Å². The maximum atomic E-state index is 13.5. The summed E-state index contributed by atoms with van der Waals surface area (Å²) in [5, 5.41) is 215. The van der Waals surface area contributed by atoms with E-state index in [-0.39, 0.29) is 12.3 Å². The number of aliphatic hydroxyl groups is 19. The third-order valence-corrected chi connectivity index (χ3v) is 22.3. The lowest BCUT2D eigenvalue weighted by atomic mass is 9.94. The van der Waals surface area contributed by atoms with E-state index in [1.165, 1.54) is 135 Å². The number of allylic oxidation sites excluding steroid dienone is 1. The van der Waals surface area contributed by atoms with Crippen LogP contribution in [0.2, 0.25) is 0 Å². The van der Waals surface area contributed by atoms with Gasteiger partial charge in [0.05, 0.1) is 58.4 Å². The van der Waals surface area contributed by atoms with E-state index in [1.807, 2.05) is 6.08 Å². The molecule has 6 fully saturated rings. The van der Waals surface area contributed by atoms with Crippen molar-refractivity contribution in [1.29, 1.82) is 0 Å². The molecule has 6 heterocycles. The molecule has 113 heavy (non-hydrogen) atoms. The highest BCUT2D eigenvalue weighted by molar-refractivity contribution is 5.76. The highest BCUT2D eigenvalue weighted by Crippen LogP contribution is 2.38. The Morgan fingerprint density at radius 3 is 1.06 bits per heavy atom. The maximum Gasteiger partial charge on any atom is 0.220 e. The summed E-state index contributed by atoms with van der Waals surface area (Å²) in [5.41, 5.74) is 0. The summed E-state index contributed by atoms with van der Waals surface area (Å²) in [4.78, 5) is 26.5. The predicted octanol–water partition coefficient (Wildman–Crippen LogP) is -1.01. The molecule has 0 saturated carbocycles. The van der Waals surface area contributed by atoms with Gasteiger partial charge in [0.2, 0.25) is 11.8 Å². The quantitative estimate of drug-likeness (QED) is 0.0256. The van der Waals surface area contributed by atoms with Crippen LogP contribution in [0.5, 0.6) is 0 Å². The van der Waals surface area contributed by atoms with Gasteiger partial charge in [-0.05, 0) is 19.3 Å². The summed E-state index contributed by atoms with van der Waals surface area (Å²) in [6.45, 7) is -0.938. The van der Waals surface area contributed by atoms with Crippen molar-refractivity contribution in [3.63, 3.8) is 0 Å². The van der Waals surface area contributed by atoms with Gasteiger partial charge in [0, 0.05) is 13.3 Å². The SMILES string of the molecule is CCCCCCCCCCCCC/C=C/[C@@H](O)[C@H](CO[C@@H]1OC(CO)[C@@H](O[C@@H]2OC(CO)[C@H](O[C@@H]3OC(CO)[C@H](O)[C@H](O[C@@H]4OC(CO)[C@H](O)[C@H](O[C@@H]5OC(CO)[C@H](O)[C@H](O[C@H]6OC(CO)[C@H](O)[C@H](O)C6O)C5O)C4NC(C)=O)C3O)[C@H](O)C2O)[C@H](O)C1O)NC(=O)CCCCCCCCCCCCCCCCCCCCC. The fourth-order valence-electron chi connectivity index (χ4n) is 15.4. The van der Waals surface area contributed by atoms with Gasteiger partial charge in [-0.15, -0.1) is 0 Å². The fraction of sp³-hybridized carbons (Fsp3) is 0.949. The Morgan fingerprint density at radius 2 is 0.655 bits per heavy atom. The van der Waals surface area contributed by atoms with Crippen molar-refractivity contribution in [3.05, 3.63) is 12.2 Å². The predicted molar refractivity (Wildman–Crippen MR) is 401 cm³/mol. The Morgan fingerprint density at radius 1 is 0.345 bits per heavy atom. The summed E-state index contributed by atoms with van der Waals surface area (Å²) in [6, 6.07) is -2.89. The van der Waals surface area contributed by atoms with Gasteiger partial charge in [0.1, 0.15) is 146 Å². The van der Waals surface area contributed by atoms with Gasteiger partial charge in [-0.3, -0.25) is 9.59 Å². The smallest absolute Gasteiger partial charge is 0.220 e. The molecule has 0 radical (unpaired) electrons. The number of unbranched alkanes of at least 4 members (excludes halogenated alkanes) is 29. The topological polar surface area (TPSA) is 553 Å². The number of carbonyl (C=O) groups is 2. The largest absolute Gasteiger partial charge is 0.394 e. The zero-order valence-corrected chi connectivity index (χ0v) is 66.4. The first-order valence-corrected chi connectivity index (χ1v) is 42.0. The van der Waals surface area contributed by atoms with Crippen LogP contribution in [-0.4, -0.2) is 351 Å². The van der Waals surface area contributed by atoms with Crippen molar-refractivity contribution in [2.45, 2.75) is 423 Å². The molecule has 6 rings (SSSR count). The molecule has 6 aliphatic heterocycles. The second-order valence-corrected chi connectivity index (χ2v) is 31.3.